The molecule has 4 nitrogen and oxygen atoms in total. The molecule has 1 heterocycles. The molecule has 1 aromatic heterocycles. The van der Waals surface area contributed by atoms with E-state index in [1.165, 1.54) is 11.3 Å². The van der Waals surface area contributed by atoms with Gasteiger partial charge in [0.2, 0.25) is 0 Å². The van der Waals surface area contributed by atoms with E-state index in [9.17, 15) is 4.79 Å². The number of para-hydroxylation sites is 1. The number of methoxy groups -OCH3 is 1. The van der Waals surface area contributed by atoms with Crippen LogP contribution in [0.2, 0.25) is 0 Å². The monoisotopic (exact) mass is 291 g/mol. The summed E-state index contributed by atoms with van der Waals surface area (Å²) in [5.74, 6) is 0.0816. The standard InChI is InChI=1S/C15H17NO3S/c1-19-14-5-3-2-4-11(14)9-16-10-13-7-6-12(20-13)8-15(17)18/h2-7,16H,8-10H2,1H3,(H,17,18). The number of benzene rings is 1. The van der Waals surface area contributed by atoms with Gasteiger partial charge in [0.1, 0.15) is 5.75 Å². The van der Waals surface area contributed by atoms with Gasteiger partial charge < -0.3 is 15.2 Å². The van der Waals surface area contributed by atoms with Gasteiger partial charge in [-0.05, 0) is 18.2 Å². The number of carboxylic acids is 1. The second kappa shape index (κ2) is 7.07. The zero-order chi connectivity index (χ0) is 14.4. The van der Waals surface area contributed by atoms with Gasteiger partial charge in [-0.2, -0.15) is 0 Å². The molecule has 0 fully saturated rings. The van der Waals surface area contributed by atoms with Crippen molar-refractivity contribution in [2.24, 2.45) is 0 Å². The van der Waals surface area contributed by atoms with Crippen LogP contribution in [0.5, 0.6) is 5.75 Å². The molecule has 20 heavy (non-hydrogen) atoms. The Balaban J connectivity index is 1.86. The zero-order valence-electron chi connectivity index (χ0n) is 11.3. The van der Waals surface area contributed by atoms with Crippen LogP contribution in [0.4, 0.5) is 0 Å². The molecule has 0 aliphatic rings. The van der Waals surface area contributed by atoms with Crippen LogP contribution in [0, 0.1) is 0 Å². The summed E-state index contributed by atoms with van der Waals surface area (Å²) < 4.78 is 5.29. The normalized spacial score (nSPS) is 10.4. The highest BCUT2D eigenvalue weighted by Gasteiger charge is 2.05. The Hall–Kier alpha value is -1.85. The molecule has 0 saturated heterocycles. The highest BCUT2D eigenvalue weighted by atomic mass is 32.1. The van der Waals surface area contributed by atoms with Gasteiger partial charge in [0.15, 0.2) is 0 Å². The fourth-order valence-electron chi connectivity index (χ4n) is 1.93. The van der Waals surface area contributed by atoms with Gasteiger partial charge in [-0.15, -0.1) is 11.3 Å². The summed E-state index contributed by atoms with van der Waals surface area (Å²) in [7, 11) is 1.66. The topological polar surface area (TPSA) is 58.6 Å². The summed E-state index contributed by atoms with van der Waals surface area (Å²) in [6.45, 7) is 1.44. The second-order valence-electron chi connectivity index (χ2n) is 4.35. The van der Waals surface area contributed by atoms with Gasteiger partial charge in [-0.1, -0.05) is 18.2 Å². The summed E-state index contributed by atoms with van der Waals surface area (Å²) in [5, 5.41) is 12.1. The SMILES string of the molecule is COc1ccccc1CNCc1ccc(CC(=O)O)s1. The van der Waals surface area contributed by atoms with E-state index >= 15 is 0 Å². The zero-order valence-corrected chi connectivity index (χ0v) is 12.1. The maximum absolute atomic E-state index is 10.6. The molecule has 5 heteroatoms. The Morgan fingerprint density at radius 3 is 2.70 bits per heavy atom. The highest BCUT2D eigenvalue weighted by Crippen LogP contribution is 2.19. The van der Waals surface area contributed by atoms with Crippen LogP contribution in [-0.2, 0) is 24.3 Å². The smallest absolute Gasteiger partial charge is 0.308 e. The molecule has 0 amide bonds. The van der Waals surface area contributed by atoms with Crippen molar-refractivity contribution in [3.63, 3.8) is 0 Å². The largest absolute Gasteiger partial charge is 0.496 e. The van der Waals surface area contributed by atoms with Crippen molar-refractivity contribution >= 4 is 17.3 Å². The van der Waals surface area contributed by atoms with E-state index in [-0.39, 0.29) is 6.42 Å². The molecular weight excluding hydrogens is 274 g/mol. The molecule has 0 aliphatic carbocycles. The lowest BCUT2D eigenvalue weighted by Gasteiger charge is -2.08. The number of rotatable bonds is 7. The van der Waals surface area contributed by atoms with Crippen molar-refractivity contribution in [1.29, 1.82) is 0 Å². The van der Waals surface area contributed by atoms with E-state index in [0.29, 0.717) is 0 Å². The number of hydrogen-bond acceptors (Lipinski definition) is 4. The van der Waals surface area contributed by atoms with Gasteiger partial charge in [-0.3, -0.25) is 4.79 Å². The van der Waals surface area contributed by atoms with Gasteiger partial charge in [0.05, 0.1) is 13.5 Å². The number of aliphatic carboxylic acids is 1. The third-order valence-corrected chi connectivity index (χ3v) is 3.94. The van der Waals surface area contributed by atoms with Gasteiger partial charge in [0, 0.05) is 28.4 Å². The maximum atomic E-state index is 10.6. The molecule has 2 N–H and O–H groups in total. The molecule has 2 rings (SSSR count). The predicted molar refractivity (Wildman–Crippen MR) is 79.2 cm³/mol. The van der Waals surface area contributed by atoms with E-state index in [2.05, 4.69) is 5.32 Å². The van der Waals surface area contributed by atoms with Gasteiger partial charge >= 0.3 is 5.97 Å². The molecule has 0 atom stereocenters. The van der Waals surface area contributed by atoms with Crippen LogP contribution in [0.1, 0.15) is 15.3 Å². The molecule has 0 unspecified atom stereocenters. The number of thiophene rings is 1. The molecule has 0 aliphatic heterocycles. The van der Waals surface area contributed by atoms with Crippen molar-refractivity contribution in [3.8, 4) is 5.75 Å². The Kier molecular flexibility index (Phi) is 5.15. The first-order valence-corrected chi connectivity index (χ1v) is 7.12. The first-order valence-electron chi connectivity index (χ1n) is 6.31. The summed E-state index contributed by atoms with van der Waals surface area (Å²) in [6, 6.07) is 11.7. The number of nitrogens with one attached hydrogen (secondary N) is 1. The molecule has 0 saturated carbocycles. The molecule has 2 aromatic rings. The van der Waals surface area contributed by atoms with Crippen molar-refractivity contribution in [2.75, 3.05) is 7.11 Å². The summed E-state index contributed by atoms with van der Waals surface area (Å²) in [4.78, 5) is 12.6. The lowest BCUT2D eigenvalue weighted by molar-refractivity contribution is -0.136. The highest BCUT2D eigenvalue weighted by molar-refractivity contribution is 7.12. The molecule has 0 bridgehead atoms. The van der Waals surface area contributed by atoms with Crippen LogP contribution < -0.4 is 10.1 Å². The van der Waals surface area contributed by atoms with Crippen LogP contribution in [0.25, 0.3) is 0 Å². The number of carboxylic acid groups (broad SMARTS) is 1. The maximum Gasteiger partial charge on any atom is 0.308 e. The van der Waals surface area contributed by atoms with Gasteiger partial charge in [-0.25, -0.2) is 0 Å². The average molecular weight is 291 g/mol. The predicted octanol–water partition coefficient (Wildman–Crippen LogP) is 2.67. The average Bonchev–Trinajstić information content (AvgIpc) is 2.86. The van der Waals surface area contributed by atoms with E-state index in [1.807, 2.05) is 36.4 Å². The Morgan fingerprint density at radius 1 is 1.20 bits per heavy atom. The summed E-state index contributed by atoms with van der Waals surface area (Å²) >= 11 is 1.53. The molecular formula is C15H17NO3S. The minimum atomic E-state index is -0.791. The lowest BCUT2D eigenvalue weighted by Crippen LogP contribution is -2.12. The van der Waals surface area contributed by atoms with Crippen molar-refractivity contribution < 1.29 is 14.6 Å². The summed E-state index contributed by atoms with van der Waals surface area (Å²) in [5.41, 5.74) is 1.11. The van der Waals surface area contributed by atoms with E-state index in [4.69, 9.17) is 9.84 Å². The minimum absolute atomic E-state index is 0.0944. The minimum Gasteiger partial charge on any atom is -0.496 e. The number of ether oxygens (including phenoxy) is 1. The molecule has 0 spiro atoms. The Labute approximate surface area is 122 Å². The van der Waals surface area contributed by atoms with E-state index in [0.717, 1.165) is 34.2 Å². The van der Waals surface area contributed by atoms with E-state index < -0.39 is 5.97 Å². The molecule has 106 valence electrons. The number of hydrogen-bond donors (Lipinski definition) is 2. The van der Waals surface area contributed by atoms with Crippen molar-refractivity contribution in [2.45, 2.75) is 19.5 Å². The second-order valence-corrected chi connectivity index (χ2v) is 5.61. The third-order valence-electron chi connectivity index (χ3n) is 2.85. The first kappa shape index (κ1) is 14.6. The lowest BCUT2D eigenvalue weighted by atomic mass is 10.2. The number of carbonyl (C=O) groups is 1. The quantitative estimate of drug-likeness (QED) is 0.823. The van der Waals surface area contributed by atoms with Crippen molar-refractivity contribution in [1.82, 2.24) is 5.32 Å². The van der Waals surface area contributed by atoms with E-state index in [1.54, 1.807) is 7.11 Å². The Morgan fingerprint density at radius 2 is 1.95 bits per heavy atom. The van der Waals surface area contributed by atoms with Crippen molar-refractivity contribution in [3.05, 3.63) is 51.7 Å². The van der Waals surface area contributed by atoms with Gasteiger partial charge in [0.25, 0.3) is 0 Å². The van der Waals surface area contributed by atoms with Crippen LogP contribution in [0.3, 0.4) is 0 Å². The summed E-state index contributed by atoms with van der Waals surface area (Å²) in [6.07, 6.45) is 0.0944. The van der Waals surface area contributed by atoms with Crippen LogP contribution in [0.15, 0.2) is 36.4 Å². The van der Waals surface area contributed by atoms with Crippen LogP contribution in [-0.4, -0.2) is 18.2 Å². The fraction of sp³-hybridized carbons (Fsp3) is 0.267. The Bertz CT molecular complexity index is 580. The third kappa shape index (κ3) is 4.08. The first-order chi connectivity index (χ1) is 9.69. The molecule has 1 aromatic carbocycles. The molecule has 0 radical (unpaired) electrons. The van der Waals surface area contributed by atoms with Crippen LogP contribution >= 0.6 is 11.3 Å². The fourth-order valence-corrected chi connectivity index (χ4v) is 2.91.